The number of thioether (sulfide) groups is 1. The van der Waals surface area contributed by atoms with E-state index in [1.54, 1.807) is 14.2 Å². The first-order valence-corrected chi connectivity index (χ1v) is 11.1. The predicted octanol–water partition coefficient (Wildman–Crippen LogP) is 4.36. The molecule has 4 aliphatic carbocycles. The van der Waals surface area contributed by atoms with Crippen LogP contribution in [0.2, 0.25) is 0 Å². The van der Waals surface area contributed by atoms with E-state index in [1.807, 2.05) is 41.9 Å². The summed E-state index contributed by atoms with van der Waals surface area (Å²) in [6.45, 7) is 0.598. The second-order valence-corrected chi connectivity index (χ2v) is 10.3. The van der Waals surface area contributed by atoms with Gasteiger partial charge in [-0.1, -0.05) is 6.07 Å². The zero-order valence-electron chi connectivity index (χ0n) is 16.7. The molecule has 27 heavy (non-hydrogen) atoms. The molecule has 4 nitrogen and oxygen atoms in total. The zero-order chi connectivity index (χ0) is 19.0. The lowest BCUT2D eigenvalue weighted by Crippen LogP contribution is -2.49. The van der Waals surface area contributed by atoms with Gasteiger partial charge < -0.3 is 14.4 Å². The largest absolute Gasteiger partial charge is 0.493 e. The molecule has 0 aromatic heterocycles. The molecule has 0 saturated heterocycles. The van der Waals surface area contributed by atoms with Crippen molar-refractivity contribution in [2.45, 2.75) is 49.8 Å². The summed E-state index contributed by atoms with van der Waals surface area (Å²) in [7, 11) is 5.17. The summed E-state index contributed by atoms with van der Waals surface area (Å²) in [5, 5.41) is 0. The number of ether oxygens (including phenoxy) is 2. The van der Waals surface area contributed by atoms with Gasteiger partial charge in [-0.15, -0.1) is 11.8 Å². The average molecular weight is 390 g/mol. The van der Waals surface area contributed by atoms with Crippen molar-refractivity contribution in [2.75, 3.05) is 27.0 Å². The Kier molecular flexibility index (Phi) is 5.32. The smallest absolute Gasteiger partial charge is 0.232 e. The van der Waals surface area contributed by atoms with E-state index in [0.29, 0.717) is 28.5 Å². The van der Waals surface area contributed by atoms with Gasteiger partial charge in [0.05, 0.1) is 20.0 Å². The van der Waals surface area contributed by atoms with Crippen molar-refractivity contribution in [3.8, 4) is 11.5 Å². The molecule has 0 N–H and O–H groups in total. The summed E-state index contributed by atoms with van der Waals surface area (Å²) < 4.78 is 11.1. The Morgan fingerprint density at radius 3 is 2.22 bits per heavy atom. The van der Waals surface area contributed by atoms with Crippen molar-refractivity contribution in [3.63, 3.8) is 0 Å². The SMILES string of the molecule is COc1ccc(CN(C)C(=O)CSC23CC4CC(CC(C4)C2)C3)cc1OC. The molecule has 0 radical (unpaired) electrons. The fourth-order valence-corrected chi connectivity index (χ4v) is 7.58. The summed E-state index contributed by atoms with van der Waals surface area (Å²) in [4.78, 5) is 14.6. The van der Waals surface area contributed by atoms with Gasteiger partial charge in [-0.3, -0.25) is 4.79 Å². The van der Waals surface area contributed by atoms with Crippen LogP contribution in [-0.4, -0.2) is 42.6 Å². The first-order valence-electron chi connectivity index (χ1n) is 10.1. The minimum atomic E-state index is 0.227. The summed E-state index contributed by atoms with van der Waals surface area (Å²) in [5.41, 5.74) is 1.06. The van der Waals surface area contributed by atoms with Gasteiger partial charge in [0, 0.05) is 18.3 Å². The normalized spacial score (nSPS) is 31.0. The third-order valence-electron chi connectivity index (χ3n) is 6.78. The molecule has 148 valence electrons. The maximum absolute atomic E-state index is 12.8. The molecular formula is C22H31NO3S. The van der Waals surface area contributed by atoms with Crippen LogP contribution in [-0.2, 0) is 11.3 Å². The number of amides is 1. The van der Waals surface area contributed by atoms with Gasteiger partial charge in [-0.25, -0.2) is 0 Å². The third kappa shape index (κ3) is 3.94. The number of carbonyl (C=O) groups is 1. The van der Waals surface area contributed by atoms with E-state index in [-0.39, 0.29) is 5.91 Å². The highest BCUT2D eigenvalue weighted by molar-refractivity contribution is 8.01. The molecule has 4 fully saturated rings. The fourth-order valence-electron chi connectivity index (χ4n) is 5.87. The van der Waals surface area contributed by atoms with Crippen LogP contribution < -0.4 is 9.47 Å². The maximum atomic E-state index is 12.8. The number of rotatable bonds is 7. The van der Waals surface area contributed by atoms with Gasteiger partial charge in [0.25, 0.3) is 0 Å². The quantitative estimate of drug-likeness (QED) is 0.694. The van der Waals surface area contributed by atoms with E-state index in [4.69, 9.17) is 9.47 Å². The van der Waals surface area contributed by atoms with Gasteiger partial charge in [0.2, 0.25) is 5.91 Å². The van der Waals surface area contributed by atoms with Crippen molar-refractivity contribution in [2.24, 2.45) is 17.8 Å². The number of methoxy groups -OCH3 is 2. The molecule has 0 unspecified atom stereocenters. The van der Waals surface area contributed by atoms with Gasteiger partial charge >= 0.3 is 0 Å². The second-order valence-electron chi connectivity index (χ2n) is 8.83. The lowest BCUT2D eigenvalue weighted by atomic mass is 9.56. The molecular weight excluding hydrogens is 358 g/mol. The van der Waals surface area contributed by atoms with Gasteiger partial charge in [-0.2, -0.15) is 0 Å². The molecule has 5 heteroatoms. The van der Waals surface area contributed by atoms with Crippen LogP contribution in [0.1, 0.15) is 44.1 Å². The van der Waals surface area contributed by atoms with Crippen LogP contribution in [0.15, 0.2) is 18.2 Å². The van der Waals surface area contributed by atoms with Crippen LogP contribution in [0.5, 0.6) is 11.5 Å². The van der Waals surface area contributed by atoms with E-state index in [1.165, 1.54) is 38.5 Å². The summed E-state index contributed by atoms with van der Waals surface area (Å²) in [6.07, 6.45) is 8.38. The third-order valence-corrected chi connectivity index (χ3v) is 8.28. The minimum Gasteiger partial charge on any atom is -0.493 e. The summed E-state index contributed by atoms with van der Waals surface area (Å²) in [5.74, 6) is 5.06. The lowest BCUT2D eigenvalue weighted by Gasteiger charge is -2.56. The number of nitrogens with zero attached hydrogens (tertiary/aromatic N) is 1. The van der Waals surface area contributed by atoms with E-state index in [9.17, 15) is 4.79 Å². The molecule has 0 heterocycles. The first kappa shape index (κ1) is 19.0. The number of hydrogen-bond acceptors (Lipinski definition) is 4. The molecule has 0 atom stereocenters. The van der Waals surface area contributed by atoms with Crippen molar-refractivity contribution < 1.29 is 14.3 Å². The number of benzene rings is 1. The standard InChI is InChI=1S/C22H31NO3S/c1-23(13-15-4-5-19(25-2)20(9-15)26-3)21(24)14-27-22-10-16-6-17(11-22)8-18(7-16)12-22/h4-5,9,16-18H,6-8,10-14H2,1-3H3. The van der Waals surface area contributed by atoms with Gasteiger partial charge in [0.1, 0.15) is 0 Å². The van der Waals surface area contributed by atoms with E-state index in [2.05, 4.69) is 0 Å². The average Bonchev–Trinajstić information content (AvgIpc) is 2.65. The highest BCUT2D eigenvalue weighted by Crippen LogP contribution is 2.60. The monoisotopic (exact) mass is 389 g/mol. The van der Waals surface area contributed by atoms with E-state index < -0.39 is 0 Å². The van der Waals surface area contributed by atoms with Crippen LogP contribution in [0, 0.1) is 17.8 Å². The van der Waals surface area contributed by atoms with Gasteiger partial charge in [0.15, 0.2) is 11.5 Å². The molecule has 4 bridgehead atoms. The first-order chi connectivity index (χ1) is 13.0. The molecule has 4 saturated carbocycles. The van der Waals surface area contributed by atoms with Crippen LogP contribution in [0.3, 0.4) is 0 Å². The van der Waals surface area contributed by atoms with Crippen LogP contribution in [0.25, 0.3) is 0 Å². The lowest BCUT2D eigenvalue weighted by molar-refractivity contribution is -0.127. The molecule has 0 aliphatic heterocycles. The summed E-state index contributed by atoms with van der Waals surface area (Å²) in [6, 6.07) is 5.85. The highest BCUT2D eigenvalue weighted by atomic mass is 32.2. The van der Waals surface area contributed by atoms with E-state index in [0.717, 1.165) is 23.3 Å². The zero-order valence-corrected chi connectivity index (χ0v) is 17.5. The Balaban J connectivity index is 1.33. The molecule has 1 amide bonds. The number of carbonyl (C=O) groups excluding carboxylic acids is 1. The Morgan fingerprint density at radius 1 is 1.07 bits per heavy atom. The Bertz CT molecular complexity index is 670. The molecule has 5 rings (SSSR count). The van der Waals surface area contributed by atoms with Crippen molar-refractivity contribution in [1.29, 1.82) is 0 Å². The second kappa shape index (κ2) is 7.57. The Morgan fingerprint density at radius 2 is 1.67 bits per heavy atom. The van der Waals surface area contributed by atoms with Crippen molar-refractivity contribution in [3.05, 3.63) is 23.8 Å². The van der Waals surface area contributed by atoms with Crippen LogP contribution in [0.4, 0.5) is 0 Å². The minimum absolute atomic E-state index is 0.227. The Hall–Kier alpha value is -1.36. The Labute approximate surface area is 167 Å². The fraction of sp³-hybridized carbons (Fsp3) is 0.682. The number of hydrogen-bond donors (Lipinski definition) is 0. The van der Waals surface area contributed by atoms with Crippen molar-refractivity contribution in [1.82, 2.24) is 4.90 Å². The molecule has 4 aliphatic rings. The van der Waals surface area contributed by atoms with Gasteiger partial charge in [-0.05, 0) is 74.0 Å². The maximum Gasteiger partial charge on any atom is 0.232 e. The predicted molar refractivity (Wildman–Crippen MR) is 109 cm³/mol. The molecule has 1 aromatic rings. The van der Waals surface area contributed by atoms with Crippen LogP contribution >= 0.6 is 11.8 Å². The van der Waals surface area contributed by atoms with E-state index >= 15 is 0 Å². The highest BCUT2D eigenvalue weighted by Gasteiger charge is 2.51. The summed E-state index contributed by atoms with van der Waals surface area (Å²) >= 11 is 1.96. The van der Waals surface area contributed by atoms with Crippen molar-refractivity contribution >= 4 is 17.7 Å². The molecule has 0 spiro atoms. The topological polar surface area (TPSA) is 38.8 Å². The molecule has 1 aromatic carbocycles.